The molecule has 0 spiro atoms. The van der Waals surface area contributed by atoms with Crippen LogP contribution in [0.15, 0.2) is 24.3 Å². The van der Waals surface area contributed by atoms with E-state index in [9.17, 15) is 9.59 Å². The summed E-state index contributed by atoms with van der Waals surface area (Å²) in [5, 5.41) is 0. The fourth-order valence-corrected chi connectivity index (χ4v) is 3.10. The summed E-state index contributed by atoms with van der Waals surface area (Å²) in [4.78, 5) is 25.9. The predicted molar refractivity (Wildman–Crippen MR) is 101 cm³/mol. The van der Waals surface area contributed by atoms with E-state index in [4.69, 9.17) is 9.47 Å². The van der Waals surface area contributed by atoms with Crippen molar-refractivity contribution in [1.82, 2.24) is 4.90 Å². The second-order valence-corrected chi connectivity index (χ2v) is 6.73. The van der Waals surface area contributed by atoms with Gasteiger partial charge < -0.3 is 9.47 Å². The number of benzene rings is 1. The van der Waals surface area contributed by atoms with Gasteiger partial charge in [-0.15, -0.1) is 0 Å². The highest BCUT2D eigenvalue weighted by Crippen LogP contribution is 2.13. The molecule has 1 aliphatic heterocycles. The summed E-state index contributed by atoms with van der Waals surface area (Å²) in [6.45, 7) is 6.72. The Morgan fingerprint density at radius 3 is 2.31 bits per heavy atom. The summed E-state index contributed by atoms with van der Waals surface area (Å²) < 4.78 is 10.3. The molecule has 0 bridgehead atoms. The summed E-state index contributed by atoms with van der Waals surface area (Å²) in [5.74, 6) is 0.0778. The lowest BCUT2D eigenvalue weighted by Gasteiger charge is -2.26. The molecule has 0 unspecified atom stereocenters. The smallest absolute Gasteiger partial charge is 0.305 e. The molecule has 144 valence electrons. The Labute approximate surface area is 156 Å². The second-order valence-electron chi connectivity index (χ2n) is 6.73. The molecule has 0 radical (unpaired) electrons. The zero-order valence-corrected chi connectivity index (χ0v) is 15.9. The van der Waals surface area contributed by atoms with Crippen molar-refractivity contribution in [3.63, 3.8) is 0 Å². The standard InChI is InChI=1S/C21H31NO4/c1-2-26-21(24)8-6-4-3-5-7-20(23)19-11-9-18(10-12-19)17-22-13-15-25-16-14-22/h9-12H,2-8,13-17H2,1H3. The number of rotatable bonds is 11. The van der Waals surface area contributed by atoms with Gasteiger partial charge in [0, 0.05) is 38.0 Å². The molecule has 0 saturated carbocycles. The number of carbonyl (C=O) groups excluding carboxylic acids is 2. The normalized spacial score (nSPS) is 15.0. The fraction of sp³-hybridized carbons (Fsp3) is 0.619. The van der Waals surface area contributed by atoms with Crippen molar-refractivity contribution in [2.75, 3.05) is 32.9 Å². The number of Topliss-reactive ketones (excluding diaryl/α,β-unsaturated/α-hetero) is 1. The van der Waals surface area contributed by atoms with Gasteiger partial charge in [0.25, 0.3) is 0 Å². The number of nitrogens with zero attached hydrogens (tertiary/aromatic N) is 1. The van der Waals surface area contributed by atoms with Crippen LogP contribution >= 0.6 is 0 Å². The third-order valence-electron chi connectivity index (χ3n) is 4.63. The van der Waals surface area contributed by atoms with Gasteiger partial charge >= 0.3 is 5.97 Å². The lowest BCUT2D eigenvalue weighted by atomic mass is 10.0. The Balaban J connectivity index is 1.62. The van der Waals surface area contributed by atoms with Gasteiger partial charge in [-0.3, -0.25) is 14.5 Å². The van der Waals surface area contributed by atoms with Crippen molar-refractivity contribution in [1.29, 1.82) is 0 Å². The van der Waals surface area contributed by atoms with Gasteiger partial charge in [-0.05, 0) is 25.3 Å². The topological polar surface area (TPSA) is 55.8 Å². The average molecular weight is 361 g/mol. The van der Waals surface area contributed by atoms with Gasteiger partial charge in [-0.1, -0.05) is 37.1 Å². The van der Waals surface area contributed by atoms with Crippen molar-refractivity contribution in [3.05, 3.63) is 35.4 Å². The zero-order valence-electron chi connectivity index (χ0n) is 15.9. The number of hydrogen-bond donors (Lipinski definition) is 0. The predicted octanol–water partition coefficient (Wildman–Crippen LogP) is 3.61. The summed E-state index contributed by atoms with van der Waals surface area (Å²) in [5.41, 5.74) is 2.03. The van der Waals surface area contributed by atoms with E-state index in [0.29, 0.717) is 19.4 Å². The third kappa shape index (κ3) is 7.67. The lowest BCUT2D eigenvalue weighted by molar-refractivity contribution is -0.143. The van der Waals surface area contributed by atoms with Crippen LogP contribution in [0.2, 0.25) is 0 Å². The molecule has 5 nitrogen and oxygen atoms in total. The van der Waals surface area contributed by atoms with E-state index in [1.807, 2.05) is 19.1 Å². The van der Waals surface area contributed by atoms with Crippen molar-refractivity contribution in [2.24, 2.45) is 0 Å². The maximum absolute atomic E-state index is 12.3. The first-order valence-corrected chi connectivity index (χ1v) is 9.77. The van der Waals surface area contributed by atoms with Crippen LogP contribution in [0.3, 0.4) is 0 Å². The molecule has 1 aliphatic rings. The SMILES string of the molecule is CCOC(=O)CCCCCCC(=O)c1ccc(CN2CCOCC2)cc1. The van der Waals surface area contributed by atoms with Crippen molar-refractivity contribution < 1.29 is 19.1 Å². The van der Waals surface area contributed by atoms with Crippen LogP contribution in [-0.2, 0) is 20.8 Å². The van der Waals surface area contributed by atoms with E-state index in [1.54, 1.807) is 0 Å². The zero-order chi connectivity index (χ0) is 18.6. The van der Waals surface area contributed by atoms with E-state index < -0.39 is 0 Å². The number of morpholine rings is 1. The Kier molecular flexibility index (Phi) is 9.35. The monoisotopic (exact) mass is 361 g/mol. The molecule has 0 N–H and O–H groups in total. The molecule has 2 rings (SSSR count). The second kappa shape index (κ2) is 11.8. The van der Waals surface area contributed by atoms with Crippen molar-refractivity contribution >= 4 is 11.8 Å². The molecule has 1 heterocycles. The summed E-state index contributed by atoms with van der Waals surface area (Å²) in [7, 11) is 0. The number of ether oxygens (including phenoxy) is 2. The van der Waals surface area contributed by atoms with E-state index in [1.165, 1.54) is 5.56 Å². The van der Waals surface area contributed by atoms with E-state index >= 15 is 0 Å². The molecule has 1 fully saturated rings. The minimum Gasteiger partial charge on any atom is -0.466 e. The first-order valence-electron chi connectivity index (χ1n) is 9.77. The number of hydrogen-bond acceptors (Lipinski definition) is 5. The Bertz CT molecular complexity index is 550. The molecular formula is C21H31NO4. The molecule has 1 saturated heterocycles. The first-order chi connectivity index (χ1) is 12.7. The maximum atomic E-state index is 12.3. The maximum Gasteiger partial charge on any atom is 0.305 e. The first kappa shape index (κ1) is 20.6. The highest BCUT2D eigenvalue weighted by Gasteiger charge is 2.11. The quantitative estimate of drug-likeness (QED) is 0.342. The molecule has 26 heavy (non-hydrogen) atoms. The highest BCUT2D eigenvalue weighted by molar-refractivity contribution is 5.96. The minimum absolute atomic E-state index is 0.124. The summed E-state index contributed by atoms with van der Waals surface area (Å²) >= 11 is 0. The number of esters is 1. The third-order valence-corrected chi connectivity index (χ3v) is 4.63. The van der Waals surface area contributed by atoms with Gasteiger partial charge in [0.2, 0.25) is 0 Å². The molecule has 1 aromatic rings. The van der Waals surface area contributed by atoms with Crippen molar-refractivity contribution in [2.45, 2.75) is 52.0 Å². The van der Waals surface area contributed by atoms with E-state index in [0.717, 1.165) is 64.1 Å². The van der Waals surface area contributed by atoms with Crippen LogP contribution in [0.1, 0.15) is 61.4 Å². The molecule has 0 amide bonds. The largest absolute Gasteiger partial charge is 0.466 e. The van der Waals surface area contributed by atoms with Gasteiger partial charge in [0.05, 0.1) is 19.8 Å². The number of carbonyl (C=O) groups is 2. The van der Waals surface area contributed by atoms with Crippen molar-refractivity contribution in [3.8, 4) is 0 Å². The van der Waals surface area contributed by atoms with Crippen LogP contribution < -0.4 is 0 Å². The molecule has 0 aliphatic carbocycles. The molecule has 0 aromatic heterocycles. The summed E-state index contributed by atoms with van der Waals surface area (Å²) in [6.07, 6.45) is 4.69. The fourth-order valence-electron chi connectivity index (χ4n) is 3.10. The Morgan fingerprint density at radius 2 is 1.65 bits per heavy atom. The molecule has 5 heteroatoms. The van der Waals surface area contributed by atoms with Crippen LogP contribution in [0.25, 0.3) is 0 Å². The van der Waals surface area contributed by atoms with Crippen LogP contribution in [0.5, 0.6) is 0 Å². The van der Waals surface area contributed by atoms with Gasteiger partial charge in [0.15, 0.2) is 5.78 Å². The highest BCUT2D eigenvalue weighted by atomic mass is 16.5. The van der Waals surface area contributed by atoms with E-state index in [-0.39, 0.29) is 11.8 Å². The minimum atomic E-state index is -0.124. The average Bonchev–Trinajstić information content (AvgIpc) is 2.66. The number of unbranched alkanes of at least 4 members (excludes halogenated alkanes) is 3. The molecule has 1 aromatic carbocycles. The van der Waals surface area contributed by atoms with Gasteiger partial charge in [-0.2, -0.15) is 0 Å². The molecule has 0 atom stereocenters. The molecular weight excluding hydrogens is 330 g/mol. The Morgan fingerprint density at radius 1 is 1.00 bits per heavy atom. The van der Waals surface area contributed by atoms with Crippen LogP contribution in [0, 0.1) is 0 Å². The van der Waals surface area contributed by atoms with E-state index in [2.05, 4.69) is 17.0 Å². The number of ketones is 1. The van der Waals surface area contributed by atoms with Crippen LogP contribution in [0.4, 0.5) is 0 Å². The Hall–Kier alpha value is -1.72. The van der Waals surface area contributed by atoms with Gasteiger partial charge in [-0.25, -0.2) is 0 Å². The van der Waals surface area contributed by atoms with Crippen LogP contribution in [-0.4, -0.2) is 49.6 Å². The lowest BCUT2D eigenvalue weighted by Crippen LogP contribution is -2.35. The summed E-state index contributed by atoms with van der Waals surface area (Å²) in [6, 6.07) is 8.00. The van der Waals surface area contributed by atoms with Gasteiger partial charge in [0.1, 0.15) is 0 Å².